The third kappa shape index (κ3) is 4.45. The third-order valence-corrected chi connectivity index (χ3v) is 6.19. The minimum atomic E-state index is -0.00174. The van der Waals surface area contributed by atoms with E-state index in [-0.39, 0.29) is 11.8 Å². The molecule has 1 aromatic carbocycles. The average Bonchev–Trinajstić information content (AvgIpc) is 3.36. The van der Waals surface area contributed by atoms with Crippen molar-refractivity contribution in [2.24, 2.45) is 0 Å². The summed E-state index contributed by atoms with van der Waals surface area (Å²) >= 11 is 5.05. The first-order valence-electron chi connectivity index (χ1n) is 8.83. The summed E-state index contributed by atoms with van der Waals surface area (Å²) in [5, 5.41) is 9.05. The number of hydrogen-bond donors (Lipinski definition) is 1. The standard InChI is InChI=1S/C19H19BrN4O2S/c20-14-4-1-2-5-15(14)21-17(25)12-24-9-7-13(8-10-24)19-22-18(23-26-19)16-6-3-11-27-16/h1-6,11,13H,7-10,12H2,(H,21,25). The van der Waals surface area contributed by atoms with Crippen molar-refractivity contribution in [2.75, 3.05) is 25.0 Å². The van der Waals surface area contributed by atoms with Crippen LogP contribution >= 0.6 is 27.3 Å². The molecule has 0 aliphatic carbocycles. The fourth-order valence-electron chi connectivity index (χ4n) is 3.20. The largest absolute Gasteiger partial charge is 0.339 e. The first-order chi connectivity index (χ1) is 13.2. The van der Waals surface area contributed by atoms with Crippen LogP contribution in [0.15, 0.2) is 50.8 Å². The second kappa shape index (κ2) is 8.33. The van der Waals surface area contributed by atoms with E-state index >= 15 is 0 Å². The van der Waals surface area contributed by atoms with E-state index < -0.39 is 0 Å². The molecule has 0 spiro atoms. The zero-order valence-electron chi connectivity index (χ0n) is 14.6. The Labute approximate surface area is 169 Å². The Bertz CT molecular complexity index is 904. The van der Waals surface area contributed by atoms with Crippen LogP contribution in [0.4, 0.5) is 5.69 Å². The maximum atomic E-state index is 12.3. The van der Waals surface area contributed by atoms with Gasteiger partial charge in [0.1, 0.15) is 0 Å². The lowest BCUT2D eigenvalue weighted by molar-refractivity contribution is -0.117. The third-order valence-electron chi connectivity index (χ3n) is 4.64. The number of amides is 1. The summed E-state index contributed by atoms with van der Waals surface area (Å²) in [7, 11) is 0. The number of aromatic nitrogens is 2. The van der Waals surface area contributed by atoms with Crippen LogP contribution in [-0.4, -0.2) is 40.6 Å². The van der Waals surface area contributed by atoms with Crippen LogP contribution in [0.3, 0.4) is 0 Å². The summed E-state index contributed by atoms with van der Waals surface area (Å²) in [6.45, 7) is 2.06. The van der Waals surface area contributed by atoms with E-state index in [0.717, 1.165) is 41.0 Å². The number of carbonyl (C=O) groups is 1. The molecule has 1 aliphatic heterocycles. The number of carbonyl (C=O) groups excluding carboxylic acids is 1. The molecule has 27 heavy (non-hydrogen) atoms. The number of piperidine rings is 1. The van der Waals surface area contributed by atoms with Gasteiger partial charge in [0.25, 0.3) is 0 Å². The molecule has 0 unspecified atom stereocenters. The van der Waals surface area contributed by atoms with E-state index in [4.69, 9.17) is 4.52 Å². The lowest BCUT2D eigenvalue weighted by Gasteiger charge is -2.29. The van der Waals surface area contributed by atoms with E-state index in [1.807, 2.05) is 41.8 Å². The highest BCUT2D eigenvalue weighted by Crippen LogP contribution is 2.29. The molecule has 0 bridgehead atoms. The van der Waals surface area contributed by atoms with E-state index in [0.29, 0.717) is 18.3 Å². The van der Waals surface area contributed by atoms with Crippen LogP contribution in [0, 0.1) is 0 Å². The molecule has 1 fully saturated rings. The molecular formula is C19H19BrN4O2S. The average molecular weight is 447 g/mol. The summed E-state index contributed by atoms with van der Waals surface area (Å²) in [6.07, 6.45) is 1.82. The molecule has 1 amide bonds. The Kier molecular flexibility index (Phi) is 5.66. The van der Waals surface area contributed by atoms with Crippen molar-refractivity contribution in [2.45, 2.75) is 18.8 Å². The predicted octanol–water partition coefficient (Wildman–Crippen LogP) is 4.38. The summed E-state index contributed by atoms with van der Waals surface area (Å²) in [5.41, 5.74) is 0.796. The minimum Gasteiger partial charge on any atom is -0.339 e. The molecule has 1 N–H and O–H groups in total. The zero-order valence-corrected chi connectivity index (χ0v) is 17.0. The maximum Gasteiger partial charge on any atom is 0.238 e. The number of halogens is 1. The molecule has 8 heteroatoms. The lowest BCUT2D eigenvalue weighted by atomic mass is 9.97. The lowest BCUT2D eigenvalue weighted by Crippen LogP contribution is -2.38. The van der Waals surface area contributed by atoms with Gasteiger partial charge in [-0.05, 0) is 65.4 Å². The van der Waals surface area contributed by atoms with Crippen LogP contribution in [0.2, 0.25) is 0 Å². The van der Waals surface area contributed by atoms with Gasteiger partial charge in [0.15, 0.2) is 0 Å². The molecule has 0 radical (unpaired) electrons. The molecule has 6 nitrogen and oxygen atoms in total. The van der Waals surface area contributed by atoms with Crippen molar-refractivity contribution >= 4 is 38.9 Å². The number of thiophene rings is 1. The van der Waals surface area contributed by atoms with Crippen LogP contribution < -0.4 is 5.32 Å². The molecule has 1 aliphatic rings. The number of para-hydroxylation sites is 1. The number of hydrogen-bond acceptors (Lipinski definition) is 6. The highest BCUT2D eigenvalue weighted by Gasteiger charge is 2.26. The van der Waals surface area contributed by atoms with Gasteiger partial charge in [-0.2, -0.15) is 4.98 Å². The van der Waals surface area contributed by atoms with Gasteiger partial charge in [0.2, 0.25) is 17.6 Å². The Morgan fingerprint density at radius 2 is 2.07 bits per heavy atom. The SMILES string of the molecule is O=C(CN1CCC(c2nc(-c3cccs3)no2)CC1)Nc1ccccc1Br. The highest BCUT2D eigenvalue weighted by atomic mass is 79.9. The number of likely N-dealkylation sites (tertiary alicyclic amines) is 1. The van der Waals surface area contributed by atoms with Gasteiger partial charge in [-0.3, -0.25) is 9.69 Å². The first kappa shape index (κ1) is 18.3. The van der Waals surface area contributed by atoms with Gasteiger partial charge in [-0.15, -0.1) is 11.3 Å². The Balaban J connectivity index is 1.29. The van der Waals surface area contributed by atoms with Crippen molar-refractivity contribution < 1.29 is 9.32 Å². The fourth-order valence-corrected chi connectivity index (χ4v) is 4.23. The number of anilines is 1. The molecule has 3 aromatic rings. The zero-order chi connectivity index (χ0) is 18.6. The van der Waals surface area contributed by atoms with Crippen LogP contribution in [0.5, 0.6) is 0 Å². The number of rotatable bonds is 5. The van der Waals surface area contributed by atoms with Crippen molar-refractivity contribution in [1.82, 2.24) is 15.0 Å². The fraction of sp³-hybridized carbons (Fsp3) is 0.316. The van der Waals surface area contributed by atoms with Crippen LogP contribution in [-0.2, 0) is 4.79 Å². The molecular weight excluding hydrogens is 428 g/mol. The Hall–Kier alpha value is -2.03. The van der Waals surface area contributed by atoms with E-state index in [1.165, 1.54) is 0 Å². The van der Waals surface area contributed by atoms with Gasteiger partial charge in [-0.25, -0.2) is 0 Å². The topological polar surface area (TPSA) is 71.3 Å². The van der Waals surface area contributed by atoms with E-state index in [2.05, 4.69) is 36.3 Å². The van der Waals surface area contributed by atoms with Gasteiger partial charge in [0.05, 0.1) is 17.1 Å². The number of nitrogens with zero attached hydrogens (tertiary/aromatic N) is 3. The Morgan fingerprint density at radius 3 is 2.81 bits per heavy atom. The summed E-state index contributed by atoms with van der Waals surface area (Å²) in [5.74, 6) is 1.62. The number of benzene rings is 1. The minimum absolute atomic E-state index is 0.00174. The maximum absolute atomic E-state index is 12.3. The molecule has 3 heterocycles. The van der Waals surface area contributed by atoms with Gasteiger partial charge in [0, 0.05) is 10.4 Å². The molecule has 0 saturated carbocycles. The second-order valence-electron chi connectivity index (χ2n) is 6.51. The molecule has 140 valence electrons. The first-order valence-corrected chi connectivity index (χ1v) is 10.5. The summed E-state index contributed by atoms with van der Waals surface area (Å²) in [4.78, 5) is 20.0. The van der Waals surface area contributed by atoms with Gasteiger partial charge in [-0.1, -0.05) is 23.4 Å². The molecule has 4 rings (SSSR count). The van der Waals surface area contributed by atoms with E-state index in [9.17, 15) is 4.79 Å². The smallest absolute Gasteiger partial charge is 0.238 e. The summed E-state index contributed by atoms with van der Waals surface area (Å²) in [6, 6.07) is 11.6. The Morgan fingerprint density at radius 1 is 1.26 bits per heavy atom. The molecule has 0 atom stereocenters. The number of nitrogens with one attached hydrogen (secondary N) is 1. The van der Waals surface area contributed by atoms with Crippen molar-refractivity contribution in [3.8, 4) is 10.7 Å². The second-order valence-corrected chi connectivity index (χ2v) is 8.31. The van der Waals surface area contributed by atoms with E-state index in [1.54, 1.807) is 11.3 Å². The summed E-state index contributed by atoms with van der Waals surface area (Å²) < 4.78 is 6.36. The van der Waals surface area contributed by atoms with Gasteiger partial charge >= 0.3 is 0 Å². The van der Waals surface area contributed by atoms with Crippen molar-refractivity contribution in [3.05, 3.63) is 52.1 Å². The highest BCUT2D eigenvalue weighted by molar-refractivity contribution is 9.10. The molecule has 1 saturated heterocycles. The van der Waals surface area contributed by atoms with Crippen LogP contribution in [0.1, 0.15) is 24.7 Å². The quantitative estimate of drug-likeness (QED) is 0.629. The molecule has 2 aromatic heterocycles. The van der Waals surface area contributed by atoms with Crippen molar-refractivity contribution in [1.29, 1.82) is 0 Å². The monoisotopic (exact) mass is 446 g/mol. The van der Waals surface area contributed by atoms with Gasteiger partial charge < -0.3 is 9.84 Å². The van der Waals surface area contributed by atoms with Crippen molar-refractivity contribution in [3.63, 3.8) is 0 Å². The van der Waals surface area contributed by atoms with Crippen LogP contribution in [0.25, 0.3) is 10.7 Å². The predicted molar refractivity (Wildman–Crippen MR) is 109 cm³/mol. The normalized spacial score (nSPS) is 15.7.